The Morgan fingerprint density at radius 3 is 3.05 bits per heavy atom. The summed E-state index contributed by atoms with van der Waals surface area (Å²) >= 11 is 1.40. The average molecular weight is 271 g/mol. The molecule has 0 spiro atoms. The first-order valence-corrected chi connectivity index (χ1v) is 6.64. The minimum atomic E-state index is 0.482. The van der Waals surface area contributed by atoms with Gasteiger partial charge in [-0.1, -0.05) is 13.0 Å². The number of nitrogens with zero attached hydrogens (tertiary/aromatic N) is 3. The quantitative estimate of drug-likeness (QED) is 0.661. The number of nitrogen functional groups attached to an aromatic ring is 1. The third-order valence-corrected chi connectivity index (χ3v) is 3.30. The van der Waals surface area contributed by atoms with Crippen LogP contribution in [0.3, 0.4) is 0 Å². The normalized spacial score (nSPS) is 10.5. The van der Waals surface area contributed by atoms with E-state index in [1.54, 1.807) is 17.7 Å². The molecule has 0 aliphatic heterocycles. The third-order valence-electron chi connectivity index (χ3n) is 2.54. The largest absolute Gasteiger partial charge is 0.383 e. The summed E-state index contributed by atoms with van der Waals surface area (Å²) in [5.74, 6) is 0.482. The summed E-state index contributed by atoms with van der Waals surface area (Å²) < 4.78 is 0. The summed E-state index contributed by atoms with van der Waals surface area (Å²) in [6.07, 6.45) is 2.57. The van der Waals surface area contributed by atoms with Crippen molar-refractivity contribution in [1.82, 2.24) is 4.98 Å². The van der Waals surface area contributed by atoms with Crippen LogP contribution in [0.5, 0.6) is 0 Å². The molecule has 1 heterocycles. The van der Waals surface area contributed by atoms with E-state index >= 15 is 0 Å². The molecule has 2 aromatic rings. The molecule has 1 aromatic carbocycles. The van der Waals surface area contributed by atoms with E-state index < -0.39 is 0 Å². The van der Waals surface area contributed by atoms with E-state index in [0.717, 1.165) is 17.5 Å². The number of hydrazone groups is 1. The lowest BCUT2D eigenvalue weighted by Crippen LogP contribution is -1.95. The van der Waals surface area contributed by atoms with Crippen molar-refractivity contribution in [2.75, 3.05) is 11.2 Å². The molecule has 0 aliphatic carbocycles. The molecule has 0 fully saturated rings. The fourth-order valence-corrected chi connectivity index (χ4v) is 2.15. The summed E-state index contributed by atoms with van der Waals surface area (Å²) in [7, 11) is 0. The van der Waals surface area contributed by atoms with E-state index in [1.165, 1.54) is 11.3 Å². The number of nitriles is 1. The molecule has 0 unspecified atom stereocenters. The van der Waals surface area contributed by atoms with Crippen LogP contribution < -0.4 is 11.2 Å². The Labute approximate surface area is 115 Å². The lowest BCUT2D eigenvalue weighted by molar-refractivity contribution is 1.13. The second kappa shape index (κ2) is 5.98. The summed E-state index contributed by atoms with van der Waals surface area (Å²) in [5, 5.41) is 15.4. The number of aromatic nitrogens is 1. The second-order valence-corrected chi connectivity index (χ2v) is 4.68. The average Bonchev–Trinajstić information content (AvgIpc) is 2.84. The number of aryl methyl sites for hydroxylation is 1. The molecular weight excluding hydrogens is 258 g/mol. The standard InChI is InChI=1S/C13H13N5S/c1-2-10-5-9(6-14)3-4-11(10)7-16-18-13-17-12(15)8-19-13/h3-5,7-8H,2,15H2,1H3,(H,17,18). The van der Waals surface area contributed by atoms with Crippen LogP contribution in [0.1, 0.15) is 23.6 Å². The molecule has 1 aromatic heterocycles. The van der Waals surface area contributed by atoms with E-state index in [1.807, 2.05) is 19.1 Å². The van der Waals surface area contributed by atoms with Crippen molar-refractivity contribution in [3.63, 3.8) is 0 Å². The topological polar surface area (TPSA) is 87.1 Å². The monoisotopic (exact) mass is 271 g/mol. The van der Waals surface area contributed by atoms with Gasteiger partial charge in [0, 0.05) is 5.38 Å². The van der Waals surface area contributed by atoms with Gasteiger partial charge in [-0.2, -0.15) is 10.4 Å². The van der Waals surface area contributed by atoms with Crippen molar-refractivity contribution >= 4 is 28.5 Å². The lowest BCUT2D eigenvalue weighted by atomic mass is 10.0. The van der Waals surface area contributed by atoms with Gasteiger partial charge in [0.15, 0.2) is 0 Å². The predicted octanol–water partition coefficient (Wildman–Crippen LogP) is 2.61. The highest BCUT2D eigenvalue weighted by molar-refractivity contribution is 7.14. The Morgan fingerprint density at radius 2 is 2.42 bits per heavy atom. The van der Waals surface area contributed by atoms with Crippen LogP contribution in [-0.2, 0) is 6.42 Å². The highest BCUT2D eigenvalue weighted by atomic mass is 32.1. The number of hydrogen-bond acceptors (Lipinski definition) is 6. The fraction of sp³-hybridized carbons (Fsp3) is 0.154. The number of nitrogens with two attached hydrogens (primary N) is 1. The Balaban J connectivity index is 2.12. The summed E-state index contributed by atoms with van der Waals surface area (Å²) in [6, 6.07) is 7.68. The molecule has 0 aliphatic rings. The molecule has 3 N–H and O–H groups in total. The number of anilines is 2. The molecule has 6 heteroatoms. The van der Waals surface area contributed by atoms with Crippen molar-refractivity contribution in [3.8, 4) is 6.07 Å². The van der Waals surface area contributed by atoms with Crippen LogP contribution >= 0.6 is 11.3 Å². The molecule has 96 valence electrons. The number of nitrogens with one attached hydrogen (secondary N) is 1. The van der Waals surface area contributed by atoms with Gasteiger partial charge in [0.2, 0.25) is 5.13 Å². The van der Waals surface area contributed by atoms with Crippen LogP contribution in [-0.4, -0.2) is 11.2 Å². The fourth-order valence-electron chi connectivity index (χ4n) is 1.60. The summed E-state index contributed by atoms with van der Waals surface area (Å²) in [6.45, 7) is 2.04. The van der Waals surface area contributed by atoms with Crippen LogP contribution in [0.4, 0.5) is 10.9 Å². The molecule has 5 nitrogen and oxygen atoms in total. The molecule has 0 atom stereocenters. The molecular formula is C13H13N5S. The zero-order valence-electron chi connectivity index (χ0n) is 10.4. The molecule has 0 saturated heterocycles. The van der Waals surface area contributed by atoms with Crippen LogP contribution in [0, 0.1) is 11.3 Å². The lowest BCUT2D eigenvalue weighted by Gasteiger charge is -2.03. The van der Waals surface area contributed by atoms with Crippen molar-refractivity contribution in [2.24, 2.45) is 5.10 Å². The van der Waals surface area contributed by atoms with E-state index in [4.69, 9.17) is 11.0 Å². The molecule has 2 rings (SSSR count). The zero-order chi connectivity index (χ0) is 13.7. The van der Waals surface area contributed by atoms with Gasteiger partial charge >= 0.3 is 0 Å². The van der Waals surface area contributed by atoms with Gasteiger partial charge in [-0.05, 0) is 29.7 Å². The minimum absolute atomic E-state index is 0.482. The number of rotatable bonds is 4. The van der Waals surface area contributed by atoms with Crippen LogP contribution in [0.2, 0.25) is 0 Å². The number of hydrogen-bond donors (Lipinski definition) is 2. The van der Waals surface area contributed by atoms with Gasteiger partial charge in [-0.25, -0.2) is 4.98 Å². The first-order valence-electron chi connectivity index (χ1n) is 5.76. The zero-order valence-corrected chi connectivity index (χ0v) is 11.2. The predicted molar refractivity (Wildman–Crippen MR) is 78.3 cm³/mol. The first-order chi connectivity index (χ1) is 9.22. The number of thiazole rings is 1. The minimum Gasteiger partial charge on any atom is -0.383 e. The Morgan fingerprint density at radius 1 is 1.58 bits per heavy atom. The number of benzene rings is 1. The Bertz CT molecular complexity index is 639. The molecule has 0 bridgehead atoms. The van der Waals surface area contributed by atoms with Gasteiger partial charge in [-0.15, -0.1) is 11.3 Å². The van der Waals surface area contributed by atoms with E-state index in [-0.39, 0.29) is 0 Å². The second-order valence-electron chi connectivity index (χ2n) is 3.83. The Hall–Kier alpha value is -2.39. The SMILES string of the molecule is CCc1cc(C#N)ccc1C=NNc1nc(N)cs1. The smallest absolute Gasteiger partial charge is 0.205 e. The molecule has 0 amide bonds. The molecule has 0 saturated carbocycles. The van der Waals surface area contributed by atoms with Crippen molar-refractivity contribution in [3.05, 3.63) is 40.3 Å². The van der Waals surface area contributed by atoms with Gasteiger partial charge in [0.05, 0.1) is 17.8 Å². The van der Waals surface area contributed by atoms with Gasteiger partial charge in [0.1, 0.15) is 5.82 Å². The maximum absolute atomic E-state index is 8.86. The summed E-state index contributed by atoms with van der Waals surface area (Å²) in [5.41, 5.74) is 11.1. The maximum Gasteiger partial charge on any atom is 0.205 e. The Kier molecular flexibility index (Phi) is 4.11. The molecule has 0 radical (unpaired) electrons. The van der Waals surface area contributed by atoms with Gasteiger partial charge in [0.25, 0.3) is 0 Å². The summed E-state index contributed by atoms with van der Waals surface area (Å²) in [4.78, 5) is 4.04. The first kappa shape index (κ1) is 13.1. The van der Waals surface area contributed by atoms with E-state index in [2.05, 4.69) is 21.6 Å². The third kappa shape index (κ3) is 3.30. The highest BCUT2D eigenvalue weighted by Crippen LogP contribution is 2.16. The van der Waals surface area contributed by atoms with Crippen molar-refractivity contribution in [2.45, 2.75) is 13.3 Å². The van der Waals surface area contributed by atoms with E-state index in [0.29, 0.717) is 16.5 Å². The van der Waals surface area contributed by atoms with Gasteiger partial charge in [-0.3, -0.25) is 5.43 Å². The van der Waals surface area contributed by atoms with Crippen molar-refractivity contribution in [1.29, 1.82) is 5.26 Å². The highest BCUT2D eigenvalue weighted by Gasteiger charge is 2.00. The molecule has 19 heavy (non-hydrogen) atoms. The van der Waals surface area contributed by atoms with Crippen molar-refractivity contribution < 1.29 is 0 Å². The van der Waals surface area contributed by atoms with Crippen LogP contribution in [0.15, 0.2) is 28.7 Å². The van der Waals surface area contributed by atoms with Crippen LogP contribution in [0.25, 0.3) is 0 Å². The van der Waals surface area contributed by atoms with E-state index in [9.17, 15) is 0 Å². The van der Waals surface area contributed by atoms with Gasteiger partial charge < -0.3 is 5.73 Å². The maximum atomic E-state index is 8.86.